The Morgan fingerprint density at radius 1 is 1.17 bits per heavy atom. The average Bonchev–Trinajstić information content (AvgIpc) is 2.74. The second kappa shape index (κ2) is 11.4. The number of rotatable bonds is 8. The number of ether oxygens (including phenoxy) is 1. The van der Waals surface area contributed by atoms with Gasteiger partial charge in [-0.05, 0) is 42.3 Å². The first-order valence-corrected chi connectivity index (χ1v) is 9.28. The summed E-state index contributed by atoms with van der Waals surface area (Å²) in [6.45, 7) is 5.23. The number of halogens is 1. The van der Waals surface area contributed by atoms with E-state index in [2.05, 4.69) is 27.7 Å². The van der Waals surface area contributed by atoms with Crippen molar-refractivity contribution in [2.24, 2.45) is 5.10 Å². The van der Waals surface area contributed by atoms with Gasteiger partial charge in [-0.15, -0.1) is 6.58 Å². The van der Waals surface area contributed by atoms with Crippen molar-refractivity contribution in [3.05, 3.63) is 71.3 Å². The van der Waals surface area contributed by atoms with Gasteiger partial charge in [0.15, 0.2) is 6.61 Å². The summed E-state index contributed by atoms with van der Waals surface area (Å²) in [7, 11) is 0. The van der Waals surface area contributed by atoms with Crippen molar-refractivity contribution in [1.82, 2.24) is 10.7 Å². The van der Waals surface area contributed by atoms with Crippen LogP contribution in [0.4, 0.5) is 5.69 Å². The van der Waals surface area contributed by atoms with Crippen molar-refractivity contribution in [3.63, 3.8) is 0 Å². The third-order valence-corrected chi connectivity index (χ3v) is 4.17. The molecule has 0 bridgehead atoms. The fraction of sp³-hybridized carbons (Fsp3) is 0.143. The van der Waals surface area contributed by atoms with Gasteiger partial charge in [0, 0.05) is 17.3 Å². The summed E-state index contributed by atoms with van der Waals surface area (Å²) < 4.78 is 5.49. The molecule has 2 rings (SSSR count). The molecular weight excluding hydrogens is 408 g/mol. The average molecular weight is 429 g/mol. The molecule has 0 unspecified atom stereocenters. The van der Waals surface area contributed by atoms with Crippen molar-refractivity contribution in [2.75, 3.05) is 18.5 Å². The second-order valence-electron chi connectivity index (χ2n) is 6.02. The predicted octanol–water partition coefficient (Wildman–Crippen LogP) is 2.42. The summed E-state index contributed by atoms with van der Waals surface area (Å²) >= 11 is 6.04. The number of nitrogens with one attached hydrogen (secondary N) is 3. The highest BCUT2D eigenvalue weighted by atomic mass is 35.5. The van der Waals surface area contributed by atoms with Crippen molar-refractivity contribution in [3.8, 4) is 5.75 Å². The van der Waals surface area contributed by atoms with Crippen LogP contribution < -0.4 is 20.8 Å². The predicted molar refractivity (Wildman–Crippen MR) is 116 cm³/mol. The molecule has 3 N–H and O–H groups in total. The molecule has 0 atom stereocenters. The molecule has 0 fully saturated rings. The maximum absolute atomic E-state index is 12.1. The Labute approximate surface area is 178 Å². The van der Waals surface area contributed by atoms with E-state index in [1.165, 1.54) is 12.3 Å². The first-order chi connectivity index (χ1) is 14.4. The molecule has 0 saturated heterocycles. The smallest absolute Gasteiger partial charge is 0.329 e. The molecule has 156 valence electrons. The Bertz CT molecular complexity index is 975. The van der Waals surface area contributed by atoms with Crippen LogP contribution in [0.2, 0.25) is 5.02 Å². The zero-order valence-electron chi connectivity index (χ0n) is 16.3. The molecule has 0 saturated carbocycles. The molecule has 30 heavy (non-hydrogen) atoms. The van der Waals surface area contributed by atoms with Crippen LogP contribution in [0.5, 0.6) is 5.75 Å². The Hall–Kier alpha value is -3.65. The number of carbonyl (C=O) groups excluding carboxylic acids is 3. The number of anilines is 1. The van der Waals surface area contributed by atoms with E-state index in [0.29, 0.717) is 22.0 Å². The molecule has 2 aromatic rings. The minimum Gasteiger partial charge on any atom is -0.484 e. The maximum Gasteiger partial charge on any atom is 0.329 e. The van der Waals surface area contributed by atoms with E-state index >= 15 is 0 Å². The van der Waals surface area contributed by atoms with E-state index in [9.17, 15) is 14.4 Å². The van der Waals surface area contributed by atoms with Crippen molar-refractivity contribution in [2.45, 2.75) is 6.92 Å². The summed E-state index contributed by atoms with van der Waals surface area (Å²) in [5.74, 6) is -1.61. The fourth-order valence-corrected chi connectivity index (χ4v) is 2.40. The number of carbonyl (C=O) groups is 3. The largest absolute Gasteiger partial charge is 0.484 e. The van der Waals surface area contributed by atoms with Crippen molar-refractivity contribution in [1.29, 1.82) is 0 Å². The number of hydrogen-bond donors (Lipinski definition) is 3. The molecule has 0 radical (unpaired) electrons. The van der Waals surface area contributed by atoms with Crippen LogP contribution in [0.1, 0.15) is 11.1 Å². The number of nitrogens with zero attached hydrogens (tertiary/aromatic N) is 1. The van der Waals surface area contributed by atoms with Crippen LogP contribution >= 0.6 is 11.6 Å². The Morgan fingerprint density at radius 3 is 2.70 bits per heavy atom. The van der Waals surface area contributed by atoms with Gasteiger partial charge < -0.3 is 15.4 Å². The lowest BCUT2D eigenvalue weighted by molar-refractivity contribution is -0.139. The van der Waals surface area contributed by atoms with Gasteiger partial charge in [-0.1, -0.05) is 35.9 Å². The fourth-order valence-electron chi connectivity index (χ4n) is 2.22. The quantitative estimate of drug-likeness (QED) is 0.259. The topological polar surface area (TPSA) is 109 Å². The van der Waals surface area contributed by atoms with E-state index in [0.717, 1.165) is 5.56 Å². The molecule has 3 amide bonds. The molecule has 8 nitrogen and oxygen atoms in total. The Balaban J connectivity index is 1.87. The monoisotopic (exact) mass is 428 g/mol. The van der Waals surface area contributed by atoms with Gasteiger partial charge in [-0.3, -0.25) is 14.4 Å². The SMILES string of the molecule is C=CCNC(=O)C(=O)NN=Cc1cccc(OCC(=O)Nc2cccc(Cl)c2C)c1. The summed E-state index contributed by atoms with van der Waals surface area (Å²) in [6.07, 6.45) is 2.80. The van der Waals surface area contributed by atoms with Crippen LogP contribution in [0, 0.1) is 6.92 Å². The van der Waals surface area contributed by atoms with Gasteiger partial charge >= 0.3 is 11.8 Å². The van der Waals surface area contributed by atoms with Crippen molar-refractivity contribution < 1.29 is 19.1 Å². The van der Waals surface area contributed by atoms with Gasteiger partial charge in [0.2, 0.25) is 0 Å². The summed E-state index contributed by atoms with van der Waals surface area (Å²) in [4.78, 5) is 35.1. The van der Waals surface area contributed by atoms with Crippen LogP contribution in [0.25, 0.3) is 0 Å². The van der Waals surface area contributed by atoms with Crippen molar-refractivity contribution >= 4 is 41.2 Å². The summed E-state index contributed by atoms with van der Waals surface area (Å²) in [6, 6.07) is 12.0. The molecule has 0 aliphatic rings. The number of amides is 3. The van der Waals surface area contributed by atoms with Gasteiger partial charge in [0.05, 0.1) is 6.21 Å². The van der Waals surface area contributed by atoms with Gasteiger partial charge in [-0.25, -0.2) is 5.43 Å². The van der Waals surface area contributed by atoms with E-state index in [1.807, 2.05) is 6.92 Å². The summed E-state index contributed by atoms with van der Waals surface area (Å²) in [5.41, 5.74) is 4.10. The third-order valence-electron chi connectivity index (χ3n) is 3.76. The normalized spacial score (nSPS) is 10.3. The maximum atomic E-state index is 12.1. The highest BCUT2D eigenvalue weighted by molar-refractivity contribution is 6.35. The molecule has 2 aromatic carbocycles. The molecule has 9 heteroatoms. The van der Waals surface area contributed by atoms with Gasteiger partial charge in [-0.2, -0.15) is 5.10 Å². The number of hydrazone groups is 1. The lowest BCUT2D eigenvalue weighted by Crippen LogP contribution is -2.37. The number of hydrogen-bond acceptors (Lipinski definition) is 5. The molecule has 0 heterocycles. The minimum absolute atomic E-state index is 0.180. The molecule has 0 aromatic heterocycles. The van der Waals surface area contributed by atoms with E-state index in [1.54, 1.807) is 42.5 Å². The highest BCUT2D eigenvalue weighted by Gasteiger charge is 2.10. The van der Waals surface area contributed by atoms with Crippen LogP contribution in [-0.2, 0) is 14.4 Å². The zero-order chi connectivity index (χ0) is 21.9. The van der Waals surface area contributed by atoms with E-state index < -0.39 is 11.8 Å². The van der Waals surface area contributed by atoms with Gasteiger partial charge in [0.1, 0.15) is 5.75 Å². The first kappa shape index (κ1) is 22.6. The molecule has 0 spiro atoms. The van der Waals surface area contributed by atoms with Gasteiger partial charge in [0.25, 0.3) is 5.91 Å². The zero-order valence-corrected chi connectivity index (χ0v) is 17.0. The summed E-state index contributed by atoms with van der Waals surface area (Å²) in [5, 5.41) is 9.36. The Morgan fingerprint density at radius 2 is 1.93 bits per heavy atom. The van der Waals surface area contributed by atoms with E-state index in [-0.39, 0.29) is 19.1 Å². The lowest BCUT2D eigenvalue weighted by Gasteiger charge is -2.10. The highest BCUT2D eigenvalue weighted by Crippen LogP contribution is 2.22. The third kappa shape index (κ3) is 7.06. The molecule has 0 aliphatic heterocycles. The first-order valence-electron chi connectivity index (χ1n) is 8.90. The Kier molecular flexibility index (Phi) is 8.58. The van der Waals surface area contributed by atoms with Crippen LogP contribution in [-0.4, -0.2) is 37.1 Å². The van der Waals surface area contributed by atoms with E-state index in [4.69, 9.17) is 16.3 Å². The second-order valence-corrected chi connectivity index (χ2v) is 6.43. The number of benzene rings is 2. The molecule has 0 aliphatic carbocycles. The minimum atomic E-state index is -0.895. The van der Waals surface area contributed by atoms with Crippen LogP contribution in [0.15, 0.2) is 60.2 Å². The molecular formula is C21H21ClN4O4. The lowest BCUT2D eigenvalue weighted by atomic mass is 10.2. The van der Waals surface area contributed by atoms with Crippen LogP contribution in [0.3, 0.4) is 0 Å². The standard InChI is InChI=1S/C21H21ClN4O4/c1-3-10-23-20(28)21(29)26-24-12-15-6-4-7-16(11-15)30-13-19(27)25-18-9-5-8-17(22)14(18)2/h3-9,11-12H,1,10,13H2,2H3,(H,23,28)(H,25,27)(H,26,29).